The van der Waals surface area contributed by atoms with E-state index in [9.17, 15) is 4.79 Å². The van der Waals surface area contributed by atoms with Crippen LogP contribution in [0.4, 0.5) is 11.6 Å². The first-order valence-electron chi connectivity index (χ1n) is 9.00. The van der Waals surface area contributed by atoms with E-state index in [-0.39, 0.29) is 11.8 Å². The van der Waals surface area contributed by atoms with Gasteiger partial charge in [-0.25, -0.2) is 9.97 Å². The maximum Gasteiger partial charge on any atom is 0.230 e. The number of piperidine rings is 1. The van der Waals surface area contributed by atoms with Crippen LogP contribution in [0.3, 0.4) is 0 Å². The second-order valence-corrected chi connectivity index (χ2v) is 6.66. The molecule has 1 amide bonds. The number of rotatable bonds is 4. The van der Waals surface area contributed by atoms with E-state index in [1.807, 2.05) is 43.5 Å². The molecule has 4 rings (SSSR count). The smallest absolute Gasteiger partial charge is 0.230 e. The van der Waals surface area contributed by atoms with Gasteiger partial charge >= 0.3 is 0 Å². The summed E-state index contributed by atoms with van der Waals surface area (Å²) >= 11 is 0. The topological polar surface area (TPSA) is 88.8 Å². The number of carbonyl (C=O) groups excluding carboxylic acids is 1. The van der Waals surface area contributed by atoms with E-state index in [1.54, 1.807) is 17.1 Å². The van der Waals surface area contributed by atoms with Gasteiger partial charge in [0.05, 0.1) is 5.92 Å². The van der Waals surface area contributed by atoms with Crippen molar-refractivity contribution < 1.29 is 4.79 Å². The quantitative estimate of drug-likeness (QED) is 0.765. The summed E-state index contributed by atoms with van der Waals surface area (Å²) in [6.07, 6.45) is 7.00. The van der Waals surface area contributed by atoms with Gasteiger partial charge in [-0.3, -0.25) is 9.36 Å². The first kappa shape index (κ1) is 17.1. The maximum absolute atomic E-state index is 12.6. The van der Waals surface area contributed by atoms with Crippen molar-refractivity contribution in [2.75, 3.05) is 23.3 Å². The van der Waals surface area contributed by atoms with Gasteiger partial charge in [-0.1, -0.05) is 6.07 Å². The molecule has 138 valence electrons. The van der Waals surface area contributed by atoms with Crippen LogP contribution < -0.4 is 10.2 Å². The van der Waals surface area contributed by atoms with Crippen LogP contribution in [0.15, 0.2) is 49.1 Å². The number of carbonyl (C=O) groups is 1. The molecule has 4 heterocycles. The molecule has 8 heteroatoms. The molecule has 1 aliphatic rings. The SMILES string of the molecule is Cc1cccc(NC(=O)C2CCCN(c3ccc(-n4ccnc4)nn3)C2)n1. The maximum atomic E-state index is 12.6. The second-order valence-electron chi connectivity index (χ2n) is 6.66. The van der Waals surface area contributed by atoms with Gasteiger partial charge < -0.3 is 10.2 Å². The zero-order valence-corrected chi connectivity index (χ0v) is 15.1. The molecule has 0 aromatic carbocycles. The van der Waals surface area contributed by atoms with Crippen LogP contribution in [0.1, 0.15) is 18.5 Å². The van der Waals surface area contributed by atoms with Gasteiger partial charge in [0.1, 0.15) is 12.1 Å². The van der Waals surface area contributed by atoms with E-state index in [0.29, 0.717) is 18.2 Å². The molecule has 0 aliphatic carbocycles. The molecule has 1 saturated heterocycles. The molecule has 27 heavy (non-hydrogen) atoms. The van der Waals surface area contributed by atoms with Gasteiger partial charge in [-0.2, -0.15) is 0 Å². The van der Waals surface area contributed by atoms with Crippen molar-refractivity contribution in [3.63, 3.8) is 0 Å². The van der Waals surface area contributed by atoms with Crippen molar-refractivity contribution in [1.82, 2.24) is 24.7 Å². The number of hydrogen-bond donors (Lipinski definition) is 1. The summed E-state index contributed by atoms with van der Waals surface area (Å²) in [6, 6.07) is 9.45. The molecule has 0 radical (unpaired) electrons. The Balaban J connectivity index is 1.42. The number of hydrogen-bond acceptors (Lipinski definition) is 6. The normalized spacial score (nSPS) is 16.9. The standard InChI is InChI=1S/C19H21N7O/c1-14-4-2-6-16(21-14)22-19(27)15-5-3-10-25(12-15)17-7-8-18(24-23-17)26-11-9-20-13-26/h2,4,6-9,11,13,15H,3,5,10,12H2,1H3,(H,21,22,27). The number of aryl methyl sites for hydroxylation is 1. The first-order valence-corrected chi connectivity index (χ1v) is 9.00. The largest absolute Gasteiger partial charge is 0.354 e. The van der Waals surface area contributed by atoms with Crippen molar-refractivity contribution in [2.24, 2.45) is 5.92 Å². The summed E-state index contributed by atoms with van der Waals surface area (Å²) in [7, 11) is 0. The Kier molecular flexibility index (Phi) is 4.78. The Morgan fingerprint density at radius 1 is 1.19 bits per heavy atom. The third-order valence-electron chi connectivity index (χ3n) is 4.66. The van der Waals surface area contributed by atoms with E-state index < -0.39 is 0 Å². The molecule has 3 aromatic rings. The zero-order chi connectivity index (χ0) is 18.6. The van der Waals surface area contributed by atoms with Crippen LogP contribution in [0.25, 0.3) is 5.82 Å². The summed E-state index contributed by atoms with van der Waals surface area (Å²) in [6.45, 7) is 3.40. The lowest BCUT2D eigenvalue weighted by Crippen LogP contribution is -2.41. The summed E-state index contributed by atoms with van der Waals surface area (Å²) < 4.78 is 1.80. The van der Waals surface area contributed by atoms with Gasteiger partial charge in [-0.15, -0.1) is 10.2 Å². The predicted molar refractivity (Wildman–Crippen MR) is 102 cm³/mol. The van der Waals surface area contributed by atoms with Crippen molar-refractivity contribution in [1.29, 1.82) is 0 Å². The molecule has 1 N–H and O–H groups in total. The van der Waals surface area contributed by atoms with Crippen LogP contribution in [0.5, 0.6) is 0 Å². The summed E-state index contributed by atoms with van der Waals surface area (Å²) in [5.74, 6) is 2.00. The molecule has 1 unspecified atom stereocenters. The molecule has 8 nitrogen and oxygen atoms in total. The predicted octanol–water partition coefficient (Wildman–Crippen LogP) is 2.22. The summed E-state index contributed by atoms with van der Waals surface area (Å²) in [4.78, 5) is 23.1. The third kappa shape index (κ3) is 3.94. The van der Waals surface area contributed by atoms with Crippen molar-refractivity contribution in [2.45, 2.75) is 19.8 Å². The van der Waals surface area contributed by atoms with E-state index >= 15 is 0 Å². The van der Waals surface area contributed by atoms with Crippen LogP contribution in [0, 0.1) is 12.8 Å². The average Bonchev–Trinajstić information content (AvgIpc) is 3.23. The number of anilines is 2. The average molecular weight is 363 g/mol. The number of nitrogens with zero attached hydrogens (tertiary/aromatic N) is 6. The third-order valence-corrected chi connectivity index (χ3v) is 4.66. The lowest BCUT2D eigenvalue weighted by Gasteiger charge is -2.32. The highest BCUT2D eigenvalue weighted by Gasteiger charge is 2.27. The van der Waals surface area contributed by atoms with E-state index in [2.05, 4.69) is 30.4 Å². The molecule has 1 aliphatic heterocycles. The highest BCUT2D eigenvalue weighted by molar-refractivity contribution is 5.92. The number of aromatic nitrogens is 5. The Morgan fingerprint density at radius 3 is 2.78 bits per heavy atom. The first-order chi connectivity index (χ1) is 13.2. The fourth-order valence-electron chi connectivity index (χ4n) is 3.26. The van der Waals surface area contributed by atoms with Gasteiger partial charge in [-0.05, 0) is 44.0 Å². The number of pyridine rings is 1. The van der Waals surface area contributed by atoms with Crippen LogP contribution in [-0.2, 0) is 4.79 Å². The molecule has 3 aromatic heterocycles. The molecule has 0 spiro atoms. The minimum Gasteiger partial charge on any atom is -0.354 e. The Morgan fingerprint density at radius 2 is 2.04 bits per heavy atom. The number of nitrogens with one attached hydrogen (secondary N) is 1. The molecular formula is C19H21N7O. The Labute approximate surface area is 157 Å². The highest BCUT2D eigenvalue weighted by Crippen LogP contribution is 2.22. The van der Waals surface area contributed by atoms with E-state index in [1.165, 1.54) is 0 Å². The van der Waals surface area contributed by atoms with Crippen LogP contribution in [-0.4, -0.2) is 43.7 Å². The Hall–Kier alpha value is -3.29. The number of amides is 1. The number of imidazole rings is 1. The molecule has 0 saturated carbocycles. The zero-order valence-electron chi connectivity index (χ0n) is 15.1. The molecule has 1 atom stereocenters. The molecule has 1 fully saturated rings. The van der Waals surface area contributed by atoms with Crippen LogP contribution in [0.2, 0.25) is 0 Å². The summed E-state index contributed by atoms with van der Waals surface area (Å²) in [5.41, 5.74) is 0.881. The second kappa shape index (κ2) is 7.53. The van der Waals surface area contributed by atoms with Crippen LogP contribution >= 0.6 is 0 Å². The minimum absolute atomic E-state index is 0.000736. The van der Waals surface area contributed by atoms with E-state index in [4.69, 9.17) is 0 Å². The van der Waals surface area contributed by atoms with Crippen molar-refractivity contribution >= 4 is 17.5 Å². The van der Waals surface area contributed by atoms with Gasteiger partial charge in [0, 0.05) is 31.2 Å². The minimum atomic E-state index is -0.101. The van der Waals surface area contributed by atoms with Gasteiger partial charge in [0.2, 0.25) is 5.91 Å². The highest BCUT2D eigenvalue weighted by atomic mass is 16.2. The Bertz CT molecular complexity index is 908. The lowest BCUT2D eigenvalue weighted by molar-refractivity contribution is -0.120. The molecule has 0 bridgehead atoms. The van der Waals surface area contributed by atoms with Gasteiger partial charge in [0.15, 0.2) is 11.6 Å². The fraction of sp³-hybridized carbons (Fsp3) is 0.316. The van der Waals surface area contributed by atoms with Crippen molar-refractivity contribution in [3.05, 3.63) is 54.7 Å². The van der Waals surface area contributed by atoms with E-state index in [0.717, 1.165) is 30.9 Å². The fourth-order valence-corrected chi connectivity index (χ4v) is 3.26. The summed E-state index contributed by atoms with van der Waals surface area (Å²) in [5, 5.41) is 11.5. The molecular weight excluding hydrogens is 342 g/mol. The monoisotopic (exact) mass is 363 g/mol. The lowest BCUT2D eigenvalue weighted by atomic mass is 9.97. The van der Waals surface area contributed by atoms with Crippen molar-refractivity contribution in [3.8, 4) is 5.82 Å². The van der Waals surface area contributed by atoms with Gasteiger partial charge in [0.25, 0.3) is 0 Å².